The molecule has 2 fully saturated rings. The predicted molar refractivity (Wildman–Crippen MR) is 83.1 cm³/mol. The molecule has 2 rings (SSSR count). The fourth-order valence-corrected chi connectivity index (χ4v) is 3.96. The van der Waals surface area contributed by atoms with Crippen molar-refractivity contribution in [2.75, 3.05) is 0 Å². The van der Waals surface area contributed by atoms with Crippen LogP contribution in [-0.4, -0.2) is 9.79 Å². The average Bonchev–Trinajstić information content (AvgIpc) is 2.46. The molecule has 2 aliphatic carbocycles. The van der Waals surface area contributed by atoms with E-state index >= 15 is 0 Å². The van der Waals surface area contributed by atoms with E-state index in [1.54, 1.807) is 38.5 Å². The molecule has 2 saturated carbocycles. The van der Waals surface area contributed by atoms with E-state index in [2.05, 4.69) is 4.31 Å². The zero-order chi connectivity index (χ0) is 15.5. The van der Waals surface area contributed by atoms with Crippen molar-refractivity contribution in [1.29, 1.82) is 0 Å². The van der Waals surface area contributed by atoms with Crippen LogP contribution in [0.25, 0.3) is 0 Å². The summed E-state index contributed by atoms with van der Waals surface area (Å²) in [5.74, 6) is 2.23. The van der Waals surface area contributed by atoms with E-state index in [-0.39, 0.29) is 0 Å². The molecule has 2 N–H and O–H groups in total. The zero-order valence-corrected chi connectivity index (χ0v) is 14.4. The van der Waals surface area contributed by atoms with E-state index in [9.17, 15) is 9.13 Å². The highest BCUT2D eigenvalue weighted by atomic mass is 31.2. The van der Waals surface area contributed by atoms with Crippen molar-refractivity contribution in [3.63, 3.8) is 0 Å². The Labute approximate surface area is 129 Å². The van der Waals surface area contributed by atoms with E-state index < -0.39 is 16.5 Å². The number of hydrogen-bond donors (Lipinski definition) is 2. The van der Waals surface area contributed by atoms with Gasteiger partial charge in [-0.3, -0.25) is 0 Å². The van der Waals surface area contributed by atoms with Crippen LogP contribution in [0.3, 0.4) is 0 Å². The highest BCUT2D eigenvalue weighted by molar-refractivity contribution is 7.46. The lowest BCUT2D eigenvalue weighted by molar-refractivity contribution is 0.273. The van der Waals surface area contributed by atoms with Crippen LogP contribution in [0, 0.1) is 11.8 Å². The van der Waals surface area contributed by atoms with Crippen LogP contribution in [0.5, 0.6) is 0 Å². The molecule has 21 heavy (non-hydrogen) atoms. The Morgan fingerprint density at radius 2 is 1.05 bits per heavy atom. The maximum Gasteiger partial charge on any atom is 0.745 e. The SMILES string of the molecule is C1CCC(CCC2CCCCC2)CC1.O=[P+](O)O[P+](=O)O. The molecule has 0 spiro atoms. The summed E-state index contributed by atoms with van der Waals surface area (Å²) >= 11 is 0. The molecule has 0 saturated heterocycles. The van der Waals surface area contributed by atoms with Crippen LogP contribution in [0.1, 0.15) is 77.0 Å². The van der Waals surface area contributed by atoms with Gasteiger partial charge in [-0.1, -0.05) is 77.0 Å². The first kappa shape index (κ1) is 19.1. The van der Waals surface area contributed by atoms with Crippen molar-refractivity contribution in [3.8, 4) is 0 Å². The number of rotatable bonds is 5. The van der Waals surface area contributed by atoms with Gasteiger partial charge in [0, 0.05) is 9.13 Å². The fourth-order valence-electron chi connectivity index (χ4n) is 3.48. The Balaban J connectivity index is 0.000000270. The topological polar surface area (TPSA) is 83.8 Å². The third-order valence-corrected chi connectivity index (χ3v) is 5.69. The second-order valence-corrected chi connectivity index (χ2v) is 7.75. The van der Waals surface area contributed by atoms with Gasteiger partial charge in [-0.25, -0.2) is 0 Å². The van der Waals surface area contributed by atoms with Crippen molar-refractivity contribution in [2.45, 2.75) is 77.0 Å². The lowest BCUT2D eigenvalue weighted by Crippen LogP contribution is -2.11. The predicted octanol–water partition coefficient (Wildman–Crippen LogP) is 5.23. The summed E-state index contributed by atoms with van der Waals surface area (Å²) in [6.45, 7) is 0. The van der Waals surface area contributed by atoms with E-state index in [1.165, 1.54) is 38.5 Å². The van der Waals surface area contributed by atoms with Crippen LogP contribution in [-0.2, 0) is 13.4 Å². The summed E-state index contributed by atoms with van der Waals surface area (Å²) in [5, 5.41) is 0. The second-order valence-electron chi connectivity index (χ2n) is 6.14. The Morgan fingerprint density at radius 1 is 0.714 bits per heavy atom. The third kappa shape index (κ3) is 10.4. The van der Waals surface area contributed by atoms with Crippen LogP contribution < -0.4 is 0 Å². The minimum atomic E-state index is -2.92. The van der Waals surface area contributed by atoms with Gasteiger partial charge < -0.3 is 0 Å². The summed E-state index contributed by atoms with van der Waals surface area (Å²) in [6.07, 6.45) is 18.4. The van der Waals surface area contributed by atoms with Gasteiger partial charge in [0.2, 0.25) is 0 Å². The molecule has 0 aliphatic heterocycles. The molecular formula is C14H28O5P2+2. The van der Waals surface area contributed by atoms with Gasteiger partial charge in [0.15, 0.2) is 4.31 Å². The molecular weight excluding hydrogens is 310 g/mol. The monoisotopic (exact) mass is 338 g/mol. The maximum atomic E-state index is 9.39. The molecule has 5 nitrogen and oxygen atoms in total. The molecule has 0 amide bonds. The van der Waals surface area contributed by atoms with Crippen molar-refractivity contribution in [3.05, 3.63) is 0 Å². The molecule has 7 heteroatoms. The standard InChI is InChI=1S/C14H26.O5P2/c1-3-7-13(8-4-1)11-12-14-9-5-2-6-10-14;1-6(2)5-7(3)4/h13-14H,1-12H2;/p+2. The average molecular weight is 338 g/mol. The Bertz CT molecular complexity index is 282. The highest BCUT2D eigenvalue weighted by Gasteiger charge is 2.31. The zero-order valence-electron chi connectivity index (χ0n) is 12.7. The second kappa shape index (κ2) is 11.6. The highest BCUT2D eigenvalue weighted by Crippen LogP contribution is 2.33. The van der Waals surface area contributed by atoms with Gasteiger partial charge >= 0.3 is 16.5 Å². The van der Waals surface area contributed by atoms with Gasteiger partial charge in [0.05, 0.1) is 0 Å². The van der Waals surface area contributed by atoms with Gasteiger partial charge in [-0.15, -0.1) is 9.79 Å². The first-order valence-corrected chi connectivity index (χ1v) is 10.3. The quantitative estimate of drug-likeness (QED) is 0.671. The smallest absolute Gasteiger partial charge is 0.131 e. The van der Waals surface area contributed by atoms with E-state index in [1.807, 2.05) is 0 Å². The molecule has 2 unspecified atom stereocenters. The minimum Gasteiger partial charge on any atom is -0.131 e. The Kier molecular flexibility index (Phi) is 10.6. The van der Waals surface area contributed by atoms with Crippen LogP contribution in [0.2, 0.25) is 0 Å². The third-order valence-electron chi connectivity index (χ3n) is 4.57. The Morgan fingerprint density at radius 3 is 1.29 bits per heavy atom. The molecule has 0 aromatic carbocycles. The van der Waals surface area contributed by atoms with E-state index in [0.717, 1.165) is 11.8 Å². The van der Waals surface area contributed by atoms with Crippen molar-refractivity contribution in [2.24, 2.45) is 11.8 Å². The largest absolute Gasteiger partial charge is 0.745 e. The normalized spacial score (nSPS) is 22.2. The summed E-state index contributed by atoms with van der Waals surface area (Å²) in [4.78, 5) is 15.3. The van der Waals surface area contributed by atoms with Crippen LogP contribution in [0.15, 0.2) is 0 Å². The van der Waals surface area contributed by atoms with Gasteiger partial charge in [0.1, 0.15) is 0 Å². The summed E-state index contributed by atoms with van der Waals surface area (Å²) < 4.78 is 22.2. The van der Waals surface area contributed by atoms with Gasteiger partial charge in [-0.05, 0) is 11.8 Å². The molecule has 0 bridgehead atoms. The summed E-state index contributed by atoms with van der Waals surface area (Å²) in [7, 11) is -5.85. The van der Waals surface area contributed by atoms with E-state index in [0.29, 0.717) is 0 Å². The van der Waals surface area contributed by atoms with E-state index in [4.69, 9.17) is 9.79 Å². The lowest BCUT2D eigenvalue weighted by Gasteiger charge is -2.26. The Hall–Kier alpha value is 0.0800. The molecule has 0 aromatic rings. The molecule has 0 aromatic heterocycles. The number of hydrogen-bond acceptors (Lipinski definition) is 3. The molecule has 2 atom stereocenters. The molecule has 0 heterocycles. The maximum absolute atomic E-state index is 9.39. The molecule has 2 aliphatic rings. The molecule has 122 valence electrons. The van der Waals surface area contributed by atoms with Crippen molar-refractivity contribution < 1.29 is 23.2 Å². The summed E-state index contributed by atoms with van der Waals surface area (Å²) in [6, 6.07) is 0. The summed E-state index contributed by atoms with van der Waals surface area (Å²) in [5.41, 5.74) is 0. The van der Waals surface area contributed by atoms with Crippen LogP contribution in [0.4, 0.5) is 0 Å². The molecule has 0 radical (unpaired) electrons. The first-order chi connectivity index (χ1) is 10.1. The van der Waals surface area contributed by atoms with Crippen LogP contribution >= 0.6 is 16.5 Å². The lowest BCUT2D eigenvalue weighted by atomic mass is 9.80. The van der Waals surface area contributed by atoms with Gasteiger partial charge in [-0.2, -0.15) is 0 Å². The minimum absolute atomic E-state index is 1.12. The fraction of sp³-hybridized carbons (Fsp3) is 1.00. The van der Waals surface area contributed by atoms with Crippen molar-refractivity contribution in [1.82, 2.24) is 0 Å². The first-order valence-electron chi connectivity index (χ1n) is 8.08. The van der Waals surface area contributed by atoms with Crippen molar-refractivity contribution >= 4 is 16.5 Å². The van der Waals surface area contributed by atoms with Gasteiger partial charge in [0.25, 0.3) is 0 Å².